The predicted molar refractivity (Wildman–Crippen MR) is 78.1 cm³/mol. The summed E-state index contributed by atoms with van der Waals surface area (Å²) in [6, 6.07) is 1.63. The van der Waals surface area contributed by atoms with Crippen molar-refractivity contribution < 1.29 is 8.42 Å². The van der Waals surface area contributed by atoms with Gasteiger partial charge in [0.25, 0.3) is 0 Å². The van der Waals surface area contributed by atoms with Crippen LogP contribution in [0.4, 0.5) is 11.6 Å². The van der Waals surface area contributed by atoms with E-state index in [2.05, 4.69) is 15.1 Å². The zero-order valence-electron chi connectivity index (χ0n) is 11.6. The monoisotopic (exact) mass is 308 g/mol. The van der Waals surface area contributed by atoms with E-state index in [-0.39, 0.29) is 10.7 Å². The Kier molecular flexibility index (Phi) is 3.28. The Bertz CT molecular complexity index is 750. The van der Waals surface area contributed by atoms with Gasteiger partial charge in [0.2, 0.25) is 0 Å². The molecule has 0 saturated carbocycles. The summed E-state index contributed by atoms with van der Waals surface area (Å²) >= 11 is 0. The molecule has 8 nitrogen and oxygen atoms in total. The van der Waals surface area contributed by atoms with Crippen LogP contribution in [-0.4, -0.2) is 47.5 Å². The van der Waals surface area contributed by atoms with Gasteiger partial charge in [-0.3, -0.25) is 0 Å². The minimum atomic E-state index is -3.48. The van der Waals surface area contributed by atoms with E-state index in [0.717, 1.165) is 32.2 Å². The molecule has 0 aliphatic carbocycles. The second kappa shape index (κ2) is 4.99. The van der Waals surface area contributed by atoms with E-state index in [1.54, 1.807) is 12.3 Å². The summed E-state index contributed by atoms with van der Waals surface area (Å²) < 4.78 is 25.5. The molecule has 0 radical (unpaired) electrons. The second-order valence-corrected chi connectivity index (χ2v) is 6.94. The molecule has 2 N–H and O–H groups in total. The SMILES string of the molecule is CS(=O)(=O)c1c(N2CCCC2)nn(-c2ccncn2)c1N. The third-order valence-electron chi connectivity index (χ3n) is 3.42. The van der Waals surface area contributed by atoms with E-state index in [9.17, 15) is 8.42 Å². The lowest BCUT2D eigenvalue weighted by Gasteiger charge is -2.15. The molecule has 9 heteroatoms. The summed E-state index contributed by atoms with van der Waals surface area (Å²) in [4.78, 5) is 9.92. The Morgan fingerprint density at radius 3 is 2.57 bits per heavy atom. The highest BCUT2D eigenvalue weighted by Gasteiger charge is 2.29. The normalized spacial score (nSPS) is 15.6. The maximum Gasteiger partial charge on any atom is 0.182 e. The van der Waals surface area contributed by atoms with E-state index in [1.165, 1.54) is 11.0 Å². The Labute approximate surface area is 122 Å². The first-order chi connectivity index (χ1) is 9.98. The molecule has 0 amide bonds. The van der Waals surface area contributed by atoms with Crippen LogP contribution in [0.15, 0.2) is 23.5 Å². The smallest absolute Gasteiger partial charge is 0.182 e. The van der Waals surface area contributed by atoms with Gasteiger partial charge >= 0.3 is 0 Å². The standard InChI is InChI=1S/C12H16N6O2S/c1-21(19,20)10-11(13)18(9-4-5-14-8-15-9)16-12(10)17-6-2-3-7-17/h4-5,8H,2-3,6-7,13H2,1H3. The highest BCUT2D eigenvalue weighted by Crippen LogP contribution is 2.33. The van der Waals surface area contributed by atoms with Crippen LogP contribution in [0.1, 0.15) is 12.8 Å². The maximum atomic E-state index is 12.1. The maximum absolute atomic E-state index is 12.1. The van der Waals surface area contributed by atoms with E-state index in [1.807, 2.05) is 4.90 Å². The van der Waals surface area contributed by atoms with Crippen molar-refractivity contribution in [3.63, 3.8) is 0 Å². The Morgan fingerprint density at radius 2 is 2.00 bits per heavy atom. The average Bonchev–Trinajstić information content (AvgIpc) is 3.05. The van der Waals surface area contributed by atoms with Gasteiger partial charge in [-0.15, -0.1) is 5.10 Å². The first-order valence-corrected chi connectivity index (χ1v) is 8.47. The van der Waals surface area contributed by atoms with Crippen molar-refractivity contribution in [2.45, 2.75) is 17.7 Å². The summed E-state index contributed by atoms with van der Waals surface area (Å²) in [7, 11) is -3.48. The molecule has 2 aromatic rings. The molecule has 0 unspecified atom stereocenters. The number of sulfone groups is 1. The Balaban J connectivity index is 2.20. The number of hydrogen-bond donors (Lipinski definition) is 1. The number of nitrogens with two attached hydrogens (primary N) is 1. The van der Waals surface area contributed by atoms with Gasteiger partial charge in [-0.1, -0.05) is 0 Å². The summed E-state index contributed by atoms with van der Waals surface area (Å²) in [6.07, 6.45) is 6.10. The number of hydrogen-bond acceptors (Lipinski definition) is 7. The van der Waals surface area contributed by atoms with E-state index in [4.69, 9.17) is 5.73 Å². The molecular formula is C12H16N6O2S. The van der Waals surface area contributed by atoms with Crippen LogP contribution in [0, 0.1) is 0 Å². The van der Waals surface area contributed by atoms with Crippen molar-refractivity contribution in [3.8, 4) is 5.82 Å². The summed E-state index contributed by atoms with van der Waals surface area (Å²) in [5.41, 5.74) is 6.02. The zero-order valence-corrected chi connectivity index (χ0v) is 12.4. The molecule has 2 aromatic heterocycles. The zero-order chi connectivity index (χ0) is 15.0. The van der Waals surface area contributed by atoms with Gasteiger partial charge in [-0.05, 0) is 12.8 Å². The minimum absolute atomic E-state index is 0.0722. The van der Waals surface area contributed by atoms with Crippen molar-refractivity contribution in [2.24, 2.45) is 0 Å². The van der Waals surface area contributed by atoms with Gasteiger partial charge in [-0.25, -0.2) is 18.4 Å². The molecule has 0 bridgehead atoms. The molecule has 21 heavy (non-hydrogen) atoms. The van der Waals surface area contributed by atoms with Crippen LogP contribution in [0.2, 0.25) is 0 Å². The molecule has 1 aliphatic heterocycles. The van der Waals surface area contributed by atoms with Gasteiger partial charge in [0.05, 0.1) is 0 Å². The van der Waals surface area contributed by atoms with Crippen LogP contribution >= 0.6 is 0 Å². The molecule has 0 aromatic carbocycles. The fraction of sp³-hybridized carbons (Fsp3) is 0.417. The number of rotatable bonds is 3. The van der Waals surface area contributed by atoms with Gasteiger partial charge < -0.3 is 10.6 Å². The largest absolute Gasteiger partial charge is 0.382 e. The van der Waals surface area contributed by atoms with Crippen LogP contribution < -0.4 is 10.6 Å². The number of nitrogen functional groups attached to an aromatic ring is 1. The summed E-state index contributed by atoms with van der Waals surface area (Å²) in [5, 5.41) is 4.38. The van der Waals surface area contributed by atoms with Gasteiger partial charge in [-0.2, -0.15) is 4.68 Å². The highest BCUT2D eigenvalue weighted by atomic mass is 32.2. The lowest BCUT2D eigenvalue weighted by atomic mass is 10.4. The van der Waals surface area contributed by atoms with Crippen molar-refractivity contribution in [3.05, 3.63) is 18.6 Å². The Morgan fingerprint density at radius 1 is 1.29 bits per heavy atom. The van der Waals surface area contributed by atoms with Gasteiger partial charge in [0, 0.05) is 31.6 Å². The second-order valence-electron chi connectivity index (χ2n) is 4.98. The third-order valence-corrected chi connectivity index (χ3v) is 4.55. The van der Waals surface area contributed by atoms with E-state index >= 15 is 0 Å². The molecule has 1 fully saturated rings. The fourth-order valence-electron chi connectivity index (χ4n) is 2.48. The quantitative estimate of drug-likeness (QED) is 0.866. The predicted octanol–water partition coefficient (Wildman–Crippen LogP) is 0.248. The summed E-state index contributed by atoms with van der Waals surface area (Å²) in [6.45, 7) is 1.56. The lowest BCUT2D eigenvalue weighted by molar-refractivity contribution is 0.602. The van der Waals surface area contributed by atoms with Crippen molar-refractivity contribution >= 4 is 21.5 Å². The van der Waals surface area contributed by atoms with Gasteiger partial charge in [0.1, 0.15) is 12.1 Å². The van der Waals surface area contributed by atoms with E-state index < -0.39 is 9.84 Å². The summed E-state index contributed by atoms with van der Waals surface area (Å²) in [5.74, 6) is 0.932. The first kappa shape index (κ1) is 13.8. The topological polar surface area (TPSA) is 107 Å². The van der Waals surface area contributed by atoms with E-state index in [0.29, 0.717) is 11.6 Å². The molecule has 1 saturated heterocycles. The van der Waals surface area contributed by atoms with Crippen LogP contribution in [0.3, 0.4) is 0 Å². The van der Waals surface area contributed by atoms with Crippen LogP contribution in [-0.2, 0) is 9.84 Å². The molecule has 112 valence electrons. The fourth-order valence-corrected chi connectivity index (χ4v) is 3.45. The van der Waals surface area contributed by atoms with Gasteiger partial charge in [0.15, 0.2) is 26.4 Å². The molecule has 3 heterocycles. The molecule has 0 spiro atoms. The Hall–Kier alpha value is -2.16. The molecule has 1 aliphatic rings. The number of anilines is 2. The third kappa shape index (κ3) is 2.44. The first-order valence-electron chi connectivity index (χ1n) is 6.58. The van der Waals surface area contributed by atoms with Crippen molar-refractivity contribution in [1.82, 2.24) is 19.7 Å². The molecule has 0 atom stereocenters. The number of aromatic nitrogens is 4. The number of nitrogens with zero attached hydrogens (tertiary/aromatic N) is 5. The lowest BCUT2D eigenvalue weighted by Crippen LogP contribution is -2.20. The van der Waals surface area contributed by atoms with Crippen LogP contribution in [0.5, 0.6) is 0 Å². The minimum Gasteiger partial charge on any atom is -0.382 e. The molecular weight excluding hydrogens is 292 g/mol. The highest BCUT2D eigenvalue weighted by molar-refractivity contribution is 7.91. The average molecular weight is 308 g/mol. The van der Waals surface area contributed by atoms with Crippen LogP contribution in [0.25, 0.3) is 5.82 Å². The molecule has 3 rings (SSSR count). The van der Waals surface area contributed by atoms with Crippen molar-refractivity contribution in [2.75, 3.05) is 30.0 Å². The van der Waals surface area contributed by atoms with Crippen molar-refractivity contribution in [1.29, 1.82) is 0 Å².